The molecular formula is C14H22N2O2S. The molecule has 1 aromatic carbocycles. The van der Waals surface area contributed by atoms with Crippen molar-refractivity contribution in [2.75, 3.05) is 13.1 Å². The quantitative estimate of drug-likeness (QED) is 0.917. The lowest BCUT2D eigenvalue weighted by Gasteiger charge is -2.18. The summed E-state index contributed by atoms with van der Waals surface area (Å²) in [4.78, 5) is 0.409. The van der Waals surface area contributed by atoms with Crippen LogP contribution < -0.4 is 5.73 Å². The minimum atomic E-state index is -3.37. The first kappa shape index (κ1) is 14.5. The first-order chi connectivity index (χ1) is 8.98. The van der Waals surface area contributed by atoms with E-state index in [1.807, 2.05) is 19.1 Å². The normalized spacial score (nSPS) is 20.9. The van der Waals surface area contributed by atoms with Gasteiger partial charge in [-0.1, -0.05) is 25.5 Å². The number of sulfonamides is 1. The van der Waals surface area contributed by atoms with Crippen molar-refractivity contribution in [1.82, 2.24) is 4.31 Å². The van der Waals surface area contributed by atoms with E-state index in [0.29, 0.717) is 30.4 Å². The van der Waals surface area contributed by atoms with Crippen LogP contribution in [0.2, 0.25) is 0 Å². The maximum absolute atomic E-state index is 12.7. The number of nitrogens with zero attached hydrogens (tertiary/aromatic N) is 1. The van der Waals surface area contributed by atoms with Crippen molar-refractivity contribution < 1.29 is 8.42 Å². The number of rotatable bonds is 4. The Kier molecular flexibility index (Phi) is 4.28. The average molecular weight is 282 g/mol. The van der Waals surface area contributed by atoms with Crippen LogP contribution in [-0.2, 0) is 16.6 Å². The number of hydrogen-bond donors (Lipinski definition) is 1. The van der Waals surface area contributed by atoms with Crippen LogP contribution in [0, 0.1) is 12.8 Å². The fourth-order valence-electron chi connectivity index (χ4n) is 2.54. The molecule has 5 heteroatoms. The molecule has 1 fully saturated rings. The Morgan fingerprint density at radius 2 is 2.16 bits per heavy atom. The lowest BCUT2D eigenvalue weighted by molar-refractivity contribution is 0.452. The van der Waals surface area contributed by atoms with Crippen LogP contribution in [0.4, 0.5) is 0 Å². The second-order valence-corrected chi connectivity index (χ2v) is 7.14. The van der Waals surface area contributed by atoms with Gasteiger partial charge < -0.3 is 5.73 Å². The van der Waals surface area contributed by atoms with E-state index in [4.69, 9.17) is 5.73 Å². The molecule has 0 spiro atoms. The van der Waals surface area contributed by atoms with Gasteiger partial charge >= 0.3 is 0 Å². The Labute approximate surface area is 115 Å². The summed E-state index contributed by atoms with van der Waals surface area (Å²) in [5.74, 6) is 0.493. The Balaban J connectivity index is 2.34. The third-order valence-electron chi connectivity index (χ3n) is 3.93. The van der Waals surface area contributed by atoms with Crippen molar-refractivity contribution in [2.24, 2.45) is 11.7 Å². The SMILES string of the molecule is CCC1CCN(S(=O)(=O)c2cc(CN)ccc2C)C1. The largest absolute Gasteiger partial charge is 0.326 e. The van der Waals surface area contributed by atoms with Gasteiger partial charge in [-0.2, -0.15) is 4.31 Å². The van der Waals surface area contributed by atoms with Gasteiger partial charge in [0, 0.05) is 19.6 Å². The molecule has 1 heterocycles. The van der Waals surface area contributed by atoms with E-state index in [-0.39, 0.29) is 0 Å². The van der Waals surface area contributed by atoms with Crippen molar-refractivity contribution in [1.29, 1.82) is 0 Å². The van der Waals surface area contributed by atoms with Crippen molar-refractivity contribution in [3.8, 4) is 0 Å². The third kappa shape index (κ3) is 2.83. The highest BCUT2D eigenvalue weighted by molar-refractivity contribution is 7.89. The smallest absolute Gasteiger partial charge is 0.243 e. The van der Waals surface area contributed by atoms with Crippen molar-refractivity contribution in [3.63, 3.8) is 0 Å². The summed E-state index contributed by atoms with van der Waals surface area (Å²) in [6, 6.07) is 5.43. The second-order valence-electron chi connectivity index (χ2n) is 5.23. The number of aryl methyl sites for hydroxylation is 1. The van der Waals surface area contributed by atoms with E-state index in [2.05, 4.69) is 6.92 Å². The maximum Gasteiger partial charge on any atom is 0.243 e. The molecule has 4 nitrogen and oxygen atoms in total. The van der Waals surface area contributed by atoms with Crippen LogP contribution in [-0.4, -0.2) is 25.8 Å². The van der Waals surface area contributed by atoms with Crippen LogP contribution in [0.1, 0.15) is 30.9 Å². The highest BCUT2D eigenvalue weighted by Gasteiger charge is 2.32. The molecule has 0 aromatic heterocycles. The van der Waals surface area contributed by atoms with Crippen LogP contribution in [0.5, 0.6) is 0 Å². The van der Waals surface area contributed by atoms with Gasteiger partial charge in [0.1, 0.15) is 0 Å². The van der Waals surface area contributed by atoms with Crippen LogP contribution in [0.15, 0.2) is 23.1 Å². The van der Waals surface area contributed by atoms with Crippen molar-refractivity contribution in [2.45, 2.75) is 38.1 Å². The predicted octanol–water partition coefficient (Wildman–Crippen LogP) is 1.87. The molecule has 19 heavy (non-hydrogen) atoms. The summed E-state index contributed by atoms with van der Waals surface area (Å²) in [6.07, 6.45) is 2.00. The first-order valence-electron chi connectivity index (χ1n) is 6.78. The van der Waals surface area contributed by atoms with Gasteiger partial charge in [0.25, 0.3) is 0 Å². The zero-order valence-electron chi connectivity index (χ0n) is 11.6. The molecule has 0 bridgehead atoms. The summed E-state index contributed by atoms with van der Waals surface area (Å²) >= 11 is 0. The van der Waals surface area contributed by atoms with Crippen molar-refractivity contribution >= 4 is 10.0 Å². The molecule has 1 unspecified atom stereocenters. The summed E-state index contributed by atoms with van der Waals surface area (Å²) < 4.78 is 27.0. The molecule has 1 aliphatic rings. The summed E-state index contributed by atoms with van der Waals surface area (Å²) in [5.41, 5.74) is 7.25. The van der Waals surface area contributed by atoms with Crippen LogP contribution in [0.25, 0.3) is 0 Å². The minimum Gasteiger partial charge on any atom is -0.326 e. The predicted molar refractivity (Wildman–Crippen MR) is 76.2 cm³/mol. The Morgan fingerprint density at radius 1 is 1.42 bits per heavy atom. The van der Waals surface area contributed by atoms with Crippen LogP contribution >= 0.6 is 0 Å². The summed E-state index contributed by atoms with van der Waals surface area (Å²) in [5, 5.41) is 0. The Morgan fingerprint density at radius 3 is 2.74 bits per heavy atom. The zero-order chi connectivity index (χ0) is 14.0. The van der Waals surface area contributed by atoms with E-state index in [9.17, 15) is 8.42 Å². The second kappa shape index (κ2) is 5.61. The monoisotopic (exact) mass is 282 g/mol. The molecule has 1 aliphatic heterocycles. The van der Waals surface area contributed by atoms with Crippen LogP contribution in [0.3, 0.4) is 0 Å². The van der Waals surface area contributed by atoms with E-state index in [0.717, 1.165) is 24.0 Å². The molecule has 106 valence electrons. The molecule has 1 atom stereocenters. The number of hydrogen-bond acceptors (Lipinski definition) is 3. The van der Waals surface area contributed by atoms with Gasteiger partial charge in [-0.05, 0) is 36.5 Å². The lowest BCUT2D eigenvalue weighted by Crippen LogP contribution is -2.29. The molecule has 1 saturated heterocycles. The fourth-order valence-corrected chi connectivity index (χ4v) is 4.34. The van der Waals surface area contributed by atoms with Gasteiger partial charge in [-0.25, -0.2) is 8.42 Å². The molecule has 0 saturated carbocycles. The summed E-state index contributed by atoms with van der Waals surface area (Å²) in [6.45, 7) is 5.58. The molecular weight excluding hydrogens is 260 g/mol. The molecule has 0 amide bonds. The topological polar surface area (TPSA) is 63.4 Å². The summed E-state index contributed by atoms with van der Waals surface area (Å²) in [7, 11) is -3.37. The average Bonchev–Trinajstić information content (AvgIpc) is 2.88. The van der Waals surface area contributed by atoms with Gasteiger partial charge in [-0.3, -0.25) is 0 Å². The standard InChI is InChI=1S/C14H22N2O2S/c1-3-12-6-7-16(10-12)19(17,18)14-8-13(9-15)5-4-11(14)2/h4-5,8,12H,3,6-7,9-10,15H2,1-2H3. The third-order valence-corrected chi connectivity index (χ3v) is 5.94. The maximum atomic E-state index is 12.7. The highest BCUT2D eigenvalue weighted by atomic mass is 32.2. The van der Waals surface area contributed by atoms with E-state index < -0.39 is 10.0 Å². The van der Waals surface area contributed by atoms with Gasteiger partial charge in [-0.15, -0.1) is 0 Å². The van der Waals surface area contributed by atoms with E-state index >= 15 is 0 Å². The molecule has 0 radical (unpaired) electrons. The van der Waals surface area contributed by atoms with E-state index in [1.54, 1.807) is 10.4 Å². The van der Waals surface area contributed by atoms with E-state index in [1.165, 1.54) is 0 Å². The first-order valence-corrected chi connectivity index (χ1v) is 8.22. The van der Waals surface area contributed by atoms with Gasteiger partial charge in [0.15, 0.2) is 0 Å². The Hall–Kier alpha value is -0.910. The molecule has 2 rings (SSSR count). The van der Waals surface area contributed by atoms with Gasteiger partial charge in [0.2, 0.25) is 10.0 Å². The van der Waals surface area contributed by atoms with Crippen molar-refractivity contribution in [3.05, 3.63) is 29.3 Å². The molecule has 0 aliphatic carbocycles. The van der Waals surface area contributed by atoms with Gasteiger partial charge in [0.05, 0.1) is 4.90 Å². The number of benzene rings is 1. The molecule has 2 N–H and O–H groups in total. The number of nitrogens with two attached hydrogens (primary N) is 1. The Bertz CT molecular complexity index is 555. The fraction of sp³-hybridized carbons (Fsp3) is 0.571. The minimum absolute atomic E-state index is 0.361. The molecule has 1 aromatic rings. The highest BCUT2D eigenvalue weighted by Crippen LogP contribution is 2.28. The zero-order valence-corrected chi connectivity index (χ0v) is 12.4. The lowest BCUT2D eigenvalue weighted by atomic mass is 10.1.